The highest BCUT2D eigenvalue weighted by Gasteiger charge is 2.39. The topological polar surface area (TPSA) is 59.5 Å². The first-order valence-corrected chi connectivity index (χ1v) is 13.8. The number of ether oxygens (including phenoxy) is 1. The molecule has 2 amide bonds. The van der Waals surface area contributed by atoms with E-state index >= 15 is 0 Å². The first-order valence-electron chi connectivity index (χ1n) is 13.0. The summed E-state index contributed by atoms with van der Waals surface area (Å²) in [6.45, 7) is 13.1. The van der Waals surface area contributed by atoms with Gasteiger partial charge in [0.1, 0.15) is 6.61 Å². The van der Waals surface area contributed by atoms with Crippen molar-refractivity contribution in [3.63, 3.8) is 0 Å². The summed E-state index contributed by atoms with van der Waals surface area (Å²) in [5.74, 6) is 0.494. The summed E-state index contributed by atoms with van der Waals surface area (Å²) in [5.41, 5.74) is 4.82. The van der Waals surface area contributed by atoms with Gasteiger partial charge in [-0.1, -0.05) is 68.3 Å². The summed E-state index contributed by atoms with van der Waals surface area (Å²) >= 11 is 1.68. The van der Waals surface area contributed by atoms with E-state index in [2.05, 4.69) is 50.2 Å². The number of thiazole rings is 1. The number of aryl methyl sites for hydroxylation is 1. The molecule has 1 aliphatic heterocycles. The molecular weight excluding hydrogens is 468 g/mol. The first-order chi connectivity index (χ1) is 17.2. The maximum atomic E-state index is 13.1. The lowest BCUT2D eigenvalue weighted by atomic mass is 9.87. The minimum absolute atomic E-state index is 0.125. The van der Waals surface area contributed by atoms with Crippen LogP contribution in [0.1, 0.15) is 70.1 Å². The van der Waals surface area contributed by atoms with Crippen LogP contribution in [0.25, 0.3) is 6.08 Å². The van der Waals surface area contributed by atoms with Crippen molar-refractivity contribution in [3.05, 3.63) is 69.2 Å². The van der Waals surface area contributed by atoms with Crippen LogP contribution in [0.2, 0.25) is 0 Å². The van der Waals surface area contributed by atoms with Gasteiger partial charge in [-0.05, 0) is 69.9 Å². The van der Waals surface area contributed by atoms with Gasteiger partial charge in [0.15, 0.2) is 0 Å². The summed E-state index contributed by atoms with van der Waals surface area (Å²) in [6.07, 6.45) is 7.26. The molecule has 0 bridgehead atoms. The van der Waals surface area contributed by atoms with E-state index in [0.29, 0.717) is 18.3 Å². The Labute approximate surface area is 220 Å². The summed E-state index contributed by atoms with van der Waals surface area (Å²) < 4.78 is 5.24. The van der Waals surface area contributed by atoms with E-state index in [1.807, 2.05) is 44.2 Å². The van der Waals surface area contributed by atoms with E-state index in [1.165, 1.54) is 16.0 Å². The van der Waals surface area contributed by atoms with Crippen molar-refractivity contribution in [1.29, 1.82) is 0 Å². The number of carbonyl (C=O) groups excluding carboxylic acids is 2. The molecule has 0 aliphatic carbocycles. The van der Waals surface area contributed by atoms with Crippen molar-refractivity contribution >= 4 is 29.4 Å². The number of nitrogens with zero attached hydrogens (tertiary/aromatic N) is 2. The van der Waals surface area contributed by atoms with Gasteiger partial charge in [0.2, 0.25) is 5.91 Å². The van der Waals surface area contributed by atoms with Gasteiger partial charge < -0.3 is 4.74 Å². The minimum atomic E-state index is -0.511. The van der Waals surface area contributed by atoms with Gasteiger partial charge in [-0.3, -0.25) is 4.79 Å². The van der Waals surface area contributed by atoms with E-state index in [0.717, 1.165) is 35.5 Å². The van der Waals surface area contributed by atoms with Crippen molar-refractivity contribution in [2.24, 2.45) is 17.8 Å². The molecule has 1 aromatic heterocycles. The molecule has 2 heterocycles. The van der Waals surface area contributed by atoms with Crippen LogP contribution in [0.3, 0.4) is 0 Å². The highest BCUT2D eigenvalue weighted by atomic mass is 32.1. The molecule has 1 fully saturated rings. The number of hydrogen-bond acceptors (Lipinski definition) is 5. The number of carbonyl (C=O) groups is 2. The van der Waals surface area contributed by atoms with Crippen LogP contribution in [0.4, 0.5) is 4.79 Å². The third-order valence-electron chi connectivity index (χ3n) is 7.21. The normalized spacial score (nSPS) is 19.2. The zero-order chi connectivity index (χ0) is 26.2. The Bertz CT molecular complexity index is 1090. The van der Waals surface area contributed by atoms with Crippen molar-refractivity contribution < 1.29 is 14.3 Å². The van der Waals surface area contributed by atoms with Crippen LogP contribution in [0.15, 0.2) is 52.9 Å². The number of benzene rings is 1. The minimum Gasteiger partial charge on any atom is -0.447 e. The Morgan fingerprint density at radius 1 is 1.22 bits per heavy atom. The van der Waals surface area contributed by atoms with Gasteiger partial charge >= 0.3 is 6.09 Å². The maximum absolute atomic E-state index is 13.1. The molecule has 0 N–H and O–H groups in total. The first kappa shape index (κ1) is 27.9. The molecule has 5 nitrogen and oxygen atoms in total. The average molecular weight is 509 g/mol. The van der Waals surface area contributed by atoms with Crippen molar-refractivity contribution in [1.82, 2.24) is 9.88 Å². The molecule has 4 unspecified atom stereocenters. The van der Waals surface area contributed by atoms with Gasteiger partial charge in [0.25, 0.3) is 0 Å². The third-order valence-corrected chi connectivity index (χ3v) is 8.00. The molecule has 4 atom stereocenters. The second-order valence-corrected chi connectivity index (χ2v) is 11.3. The quantitative estimate of drug-likeness (QED) is 0.295. The predicted molar refractivity (Wildman–Crippen MR) is 148 cm³/mol. The van der Waals surface area contributed by atoms with E-state index in [1.54, 1.807) is 11.3 Å². The molecule has 0 spiro atoms. The highest BCUT2D eigenvalue weighted by Crippen LogP contribution is 2.26. The summed E-state index contributed by atoms with van der Waals surface area (Å²) in [6, 6.07) is 9.70. The van der Waals surface area contributed by atoms with Crippen molar-refractivity contribution in [2.45, 2.75) is 73.3 Å². The number of amides is 2. The standard InChI is InChI=1S/C30H40N2O3S/c1-20(15-22(3)24(5)23(4)16-27-19-36-25(6)31-27)11-10-12-21(2)29(33)32-28(18-35-30(32)34)17-26-13-8-7-9-14-26/h7-9,13-16,19,21-22,24,28H,10-12,17-18H2,1-6H3/b20-15+,23-16+. The molecule has 1 saturated heterocycles. The molecule has 6 heteroatoms. The zero-order valence-corrected chi connectivity index (χ0v) is 23.3. The molecule has 194 valence electrons. The number of hydrogen-bond donors (Lipinski definition) is 0. The van der Waals surface area contributed by atoms with E-state index < -0.39 is 6.09 Å². The third kappa shape index (κ3) is 7.63. The number of allylic oxidation sites excluding steroid dienone is 3. The fraction of sp³-hybridized carbons (Fsp3) is 0.500. The molecular formula is C30H40N2O3S. The van der Waals surface area contributed by atoms with Gasteiger partial charge in [0.05, 0.1) is 16.7 Å². The van der Waals surface area contributed by atoms with Crippen LogP contribution in [-0.4, -0.2) is 34.5 Å². The molecule has 0 saturated carbocycles. The Morgan fingerprint density at radius 2 is 1.94 bits per heavy atom. The predicted octanol–water partition coefficient (Wildman–Crippen LogP) is 7.47. The van der Waals surface area contributed by atoms with Crippen molar-refractivity contribution in [3.8, 4) is 0 Å². The second kappa shape index (κ2) is 13.0. The summed E-state index contributed by atoms with van der Waals surface area (Å²) in [5, 5.41) is 3.19. The Hall–Kier alpha value is -2.73. The molecule has 2 aromatic rings. The summed E-state index contributed by atoms with van der Waals surface area (Å²) in [7, 11) is 0. The molecule has 0 radical (unpaired) electrons. The van der Waals surface area contributed by atoms with Crippen molar-refractivity contribution in [2.75, 3.05) is 6.61 Å². The van der Waals surface area contributed by atoms with Gasteiger partial charge in [-0.25, -0.2) is 14.7 Å². The largest absolute Gasteiger partial charge is 0.447 e. The molecule has 1 aliphatic rings. The molecule has 1 aromatic carbocycles. The fourth-order valence-electron chi connectivity index (χ4n) is 4.72. The van der Waals surface area contributed by atoms with Crippen LogP contribution in [0, 0.1) is 24.7 Å². The number of rotatable bonds is 11. The lowest BCUT2D eigenvalue weighted by molar-refractivity contribution is -0.133. The number of aromatic nitrogens is 1. The average Bonchev–Trinajstić information content (AvgIpc) is 3.42. The Balaban J connectivity index is 1.49. The molecule has 36 heavy (non-hydrogen) atoms. The van der Waals surface area contributed by atoms with Crippen LogP contribution >= 0.6 is 11.3 Å². The van der Waals surface area contributed by atoms with Gasteiger partial charge in [-0.15, -0.1) is 11.3 Å². The zero-order valence-electron chi connectivity index (χ0n) is 22.5. The Morgan fingerprint density at radius 3 is 2.61 bits per heavy atom. The Kier molecular flexibility index (Phi) is 10.1. The lowest BCUT2D eigenvalue weighted by Gasteiger charge is -2.23. The second-order valence-electron chi connectivity index (χ2n) is 10.3. The maximum Gasteiger partial charge on any atom is 0.416 e. The lowest BCUT2D eigenvalue weighted by Crippen LogP contribution is -2.43. The molecule has 3 rings (SSSR count). The smallest absolute Gasteiger partial charge is 0.416 e. The number of imide groups is 1. The van der Waals surface area contributed by atoms with E-state index in [9.17, 15) is 9.59 Å². The monoisotopic (exact) mass is 508 g/mol. The van der Waals surface area contributed by atoms with Crippen LogP contribution in [-0.2, 0) is 16.0 Å². The number of cyclic esters (lactones) is 1. The van der Waals surface area contributed by atoms with E-state index in [4.69, 9.17) is 4.74 Å². The SMILES string of the molecule is C/C(=C\C(C)C(C)/C(C)=C/c1csc(C)n1)CCCC(C)C(=O)N1C(=O)OCC1Cc1ccccc1. The fourth-order valence-corrected chi connectivity index (χ4v) is 5.29. The highest BCUT2D eigenvalue weighted by molar-refractivity contribution is 7.09. The summed E-state index contributed by atoms with van der Waals surface area (Å²) in [4.78, 5) is 31.4. The van der Waals surface area contributed by atoms with Gasteiger partial charge in [-0.2, -0.15) is 0 Å². The van der Waals surface area contributed by atoms with Crippen LogP contribution < -0.4 is 0 Å². The van der Waals surface area contributed by atoms with Crippen LogP contribution in [0.5, 0.6) is 0 Å². The van der Waals surface area contributed by atoms with Gasteiger partial charge in [0, 0.05) is 11.3 Å². The van der Waals surface area contributed by atoms with E-state index in [-0.39, 0.29) is 24.5 Å².